The van der Waals surface area contributed by atoms with Crippen LogP contribution in [0.1, 0.15) is 48.3 Å². The lowest BCUT2D eigenvalue weighted by atomic mass is 10.00. The van der Waals surface area contributed by atoms with Crippen LogP contribution in [-0.4, -0.2) is 38.0 Å². The highest BCUT2D eigenvalue weighted by Crippen LogP contribution is 2.15. The molecular weight excluding hydrogens is 396 g/mol. The number of benzene rings is 2. The van der Waals surface area contributed by atoms with E-state index in [2.05, 4.69) is 36.6 Å². The van der Waals surface area contributed by atoms with E-state index < -0.39 is 24.4 Å². The van der Waals surface area contributed by atoms with E-state index in [1.807, 2.05) is 19.1 Å². The van der Waals surface area contributed by atoms with Gasteiger partial charge in [-0.25, -0.2) is 0 Å². The molecule has 7 nitrogen and oxygen atoms in total. The lowest BCUT2D eigenvalue weighted by molar-refractivity contribution is -0.147. The minimum atomic E-state index is -0.697. The quantitative estimate of drug-likeness (QED) is 0.570. The molecule has 1 atom stereocenters. The van der Waals surface area contributed by atoms with Crippen molar-refractivity contribution >= 4 is 17.8 Å². The molecule has 2 N–H and O–H groups in total. The van der Waals surface area contributed by atoms with Gasteiger partial charge in [-0.2, -0.15) is 0 Å². The highest BCUT2D eigenvalue weighted by atomic mass is 16.5. The number of hydrogen-bond donors (Lipinski definition) is 2. The second-order valence-electron chi connectivity index (χ2n) is 7.70. The number of ether oxygens (including phenoxy) is 2. The van der Waals surface area contributed by atoms with Gasteiger partial charge in [-0.15, -0.1) is 0 Å². The zero-order valence-corrected chi connectivity index (χ0v) is 18.4. The maximum atomic E-state index is 12.1. The van der Waals surface area contributed by atoms with Crippen LogP contribution in [-0.2, 0) is 20.7 Å². The maximum Gasteiger partial charge on any atom is 0.325 e. The Morgan fingerprint density at radius 1 is 1.00 bits per heavy atom. The average molecular weight is 427 g/mol. The Balaban J connectivity index is 1.73. The Morgan fingerprint density at radius 3 is 2.35 bits per heavy atom. The molecule has 0 bridgehead atoms. The van der Waals surface area contributed by atoms with Crippen molar-refractivity contribution in [1.82, 2.24) is 10.6 Å². The molecule has 166 valence electrons. The van der Waals surface area contributed by atoms with Gasteiger partial charge in [0.1, 0.15) is 12.3 Å². The van der Waals surface area contributed by atoms with E-state index in [0.29, 0.717) is 17.2 Å². The summed E-state index contributed by atoms with van der Waals surface area (Å²) in [5.74, 6) is -0.424. The van der Waals surface area contributed by atoms with Crippen molar-refractivity contribution in [2.45, 2.75) is 33.2 Å². The zero-order chi connectivity index (χ0) is 22.8. The molecule has 2 aromatic carbocycles. The van der Waals surface area contributed by atoms with Crippen molar-refractivity contribution in [2.75, 3.05) is 20.3 Å². The summed E-state index contributed by atoms with van der Waals surface area (Å²) in [6.45, 7) is 5.45. The van der Waals surface area contributed by atoms with Gasteiger partial charge >= 0.3 is 5.97 Å². The van der Waals surface area contributed by atoms with Crippen molar-refractivity contribution in [3.63, 3.8) is 0 Å². The van der Waals surface area contributed by atoms with Gasteiger partial charge in [0.15, 0.2) is 6.61 Å². The first kappa shape index (κ1) is 23.9. The molecule has 2 aromatic rings. The van der Waals surface area contributed by atoms with Gasteiger partial charge in [0.25, 0.3) is 11.8 Å². The van der Waals surface area contributed by atoms with Crippen molar-refractivity contribution in [3.05, 3.63) is 65.2 Å². The summed E-state index contributed by atoms with van der Waals surface area (Å²) in [6, 6.07) is 14.4. The van der Waals surface area contributed by atoms with Gasteiger partial charge in [0.2, 0.25) is 0 Å². The van der Waals surface area contributed by atoms with E-state index in [1.54, 1.807) is 24.3 Å². The third-order valence-corrected chi connectivity index (χ3v) is 4.59. The van der Waals surface area contributed by atoms with E-state index in [0.717, 1.165) is 12.0 Å². The number of carbonyl (C=O) groups excluding carboxylic acids is 3. The molecule has 0 spiro atoms. The largest absolute Gasteiger partial charge is 0.497 e. The van der Waals surface area contributed by atoms with Crippen LogP contribution >= 0.6 is 0 Å². The molecule has 7 heteroatoms. The Bertz CT molecular complexity index is 893. The van der Waals surface area contributed by atoms with Gasteiger partial charge in [-0.05, 0) is 48.6 Å². The molecule has 0 aliphatic heterocycles. The fourth-order valence-corrected chi connectivity index (χ4v) is 3.00. The second kappa shape index (κ2) is 11.7. The zero-order valence-electron chi connectivity index (χ0n) is 18.4. The number of rotatable bonds is 10. The third kappa shape index (κ3) is 8.12. The van der Waals surface area contributed by atoms with Crippen LogP contribution in [0.25, 0.3) is 0 Å². The number of esters is 1. The lowest BCUT2D eigenvalue weighted by Gasteiger charge is -2.15. The minimum Gasteiger partial charge on any atom is -0.497 e. The van der Waals surface area contributed by atoms with Crippen LogP contribution < -0.4 is 15.4 Å². The minimum absolute atomic E-state index is 0.216. The van der Waals surface area contributed by atoms with E-state index in [4.69, 9.17) is 9.47 Å². The molecular formula is C24H30N2O5. The molecule has 0 aliphatic carbocycles. The summed E-state index contributed by atoms with van der Waals surface area (Å²) < 4.78 is 10.0. The van der Waals surface area contributed by atoms with Crippen molar-refractivity contribution in [3.8, 4) is 5.75 Å². The lowest BCUT2D eigenvalue weighted by Crippen LogP contribution is -2.34. The van der Waals surface area contributed by atoms with Gasteiger partial charge in [-0.3, -0.25) is 14.4 Å². The Hall–Kier alpha value is -3.35. The number of methoxy groups -OCH3 is 1. The van der Waals surface area contributed by atoms with E-state index in [1.165, 1.54) is 12.7 Å². The summed E-state index contributed by atoms with van der Waals surface area (Å²) in [6.07, 6.45) is 1.01. The van der Waals surface area contributed by atoms with Crippen LogP contribution in [0.5, 0.6) is 5.75 Å². The summed E-state index contributed by atoms with van der Waals surface area (Å²) in [5, 5.41) is 5.26. The fourth-order valence-electron chi connectivity index (χ4n) is 3.00. The van der Waals surface area contributed by atoms with Gasteiger partial charge in [0, 0.05) is 5.56 Å². The van der Waals surface area contributed by atoms with Crippen molar-refractivity contribution < 1.29 is 23.9 Å². The molecule has 2 amide bonds. The first-order valence-corrected chi connectivity index (χ1v) is 10.2. The predicted octanol–water partition coefficient (Wildman–Crippen LogP) is 3.04. The monoisotopic (exact) mass is 426 g/mol. The highest BCUT2D eigenvalue weighted by molar-refractivity contribution is 5.96. The molecule has 0 aliphatic rings. The molecule has 2 rings (SSSR count). The van der Waals surface area contributed by atoms with Gasteiger partial charge in [-0.1, -0.05) is 44.2 Å². The standard InChI is InChI=1S/C24H30N2O5/c1-16(2)12-18-8-10-19(11-9-18)17(3)26-22(27)15-31-23(28)14-25-24(29)20-6-5-7-21(13-20)30-4/h5-11,13,16-17H,12,14-15H2,1-4H3,(H,25,29)(H,26,27)/t17-/m1/s1. The molecule has 0 heterocycles. The normalized spacial score (nSPS) is 11.5. The van der Waals surface area contributed by atoms with E-state index in [9.17, 15) is 14.4 Å². The third-order valence-electron chi connectivity index (χ3n) is 4.59. The highest BCUT2D eigenvalue weighted by Gasteiger charge is 2.14. The summed E-state index contributed by atoms with van der Waals surface area (Å²) in [7, 11) is 1.50. The van der Waals surface area contributed by atoms with Crippen LogP contribution in [0.2, 0.25) is 0 Å². The van der Waals surface area contributed by atoms with Crippen molar-refractivity contribution in [1.29, 1.82) is 0 Å². The molecule has 0 saturated carbocycles. The number of nitrogens with one attached hydrogen (secondary N) is 2. The van der Waals surface area contributed by atoms with Gasteiger partial charge in [0.05, 0.1) is 13.2 Å². The van der Waals surface area contributed by atoms with E-state index >= 15 is 0 Å². The predicted molar refractivity (Wildman–Crippen MR) is 118 cm³/mol. The van der Waals surface area contributed by atoms with E-state index in [-0.39, 0.29) is 12.6 Å². The molecule has 0 fully saturated rings. The summed E-state index contributed by atoms with van der Waals surface area (Å²) in [4.78, 5) is 36.0. The van der Waals surface area contributed by atoms with Crippen molar-refractivity contribution in [2.24, 2.45) is 5.92 Å². The first-order valence-electron chi connectivity index (χ1n) is 10.2. The molecule has 0 aromatic heterocycles. The van der Waals surface area contributed by atoms with Crippen LogP contribution in [0.15, 0.2) is 48.5 Å². The topological polar surface area (TPSA) is 93.7 Å². The van der Waals surface area contributed by atoms with Crippen LogP contribution in [0.3, 0.4) is 0 Å². The second-order valence-corrected chi connectivity index (χ2v) is 7.70. The average Bonchev–Trinajstić information content (AvgIpc) is 2.76. The molecule has 0 radical (unpaired) electrons. The molecule has 0 saturated heterocycles. The number of amides is 2. The maximum absolute atomic E-state index is 12.1. The Kier molecular flexibility index (Phi) is 9.06. The van der Waals surface area contributed by atoms with Crippen LogP contribution in [0.4, 0.5) is 0 Å². The molecule has 0 unspecified atom stereocenters. The van der Waals surface area contributed by atoms with Gasteiger partial charge < -0.3 is 20.1 Å². The Labute approximate surface area is 183 Å². The smallest absolute Gasteiger partial charge is 0.325 e. The number of carbonyl (C=O) groups is 3. The summed E-state index contributed by atoms with van der Waals surface area (Å²) in [5.41, 5.74) is 2.58. The first-order chi connectivity index (χ1) is 14.8. The summed E-state index contributed by atoms with van der Waals surface area (Å²) >= 11 is 0. The SMILES string of the molecule is COc1cccc(C(=O)NCC(=O)OCC(=O)N[C@H](C)c2ccc(CC(C)C)cc2)c1. The molecule has 31 heavy (non-hydrogen) atoms. The Morgan fingerprint density at radius 2 is 1.71 bits per heavy atom. The fraction of sp³-hybridized carbons (Fsp3) is 0.375. The number of hydrogen-bond acceptors (Lipinski definition) is 5. The van der Waals surface area contributed by atoms with Crippen LogP contribution in [0, 0.1) is 5.92 Å².